The first-order valence-electron chi connectivity index (χ1n) is 5.36. The molecule has 1 heterocycles. The predicted octanol–water partition coefficient (Wildman–Crippen LogP) is 2.75. The molecular formula is C10H13F3N4S. The van der Waals surface area contributed by atoms with Crippen LogP contribution in [0.15, 0.2) is 11.2 Å². The Labute approximate surface area is 107 Å². The molecule has 8 heteroatoms. The number of halogens is 3. The molecule has 0 saturated heterocycles. The standard InChI is InChI=1S/C10H13F3N4S/c1-14-6-5-7(16-8(15-6)18-2)17-9(3-4-9)10(11,12)13/h5H,3-4H2,1-2H3,(H2,14,15,16,17). The first-order chi connectivity index (χ1) is 8.40. The smallest absolute Gasteiger partial charge is 0.373 e. The third-order valence-corrected chi connectivity index (χ3v) is 3.35. The van der Waals surface area contributed by atoms with Crippen molar-refractivity contribution in [1.29, 1.82) is 0 Å². The van der Waals surface area contributed by atoms with E-state index in [0.717, 1.165) is 0 Å². The van der Waals surface area contributed by atoms with Crippen molar-refractivity contribution in [2.45, 2.75) is 29.7 Å². The molecule has 0 atom stereocenters. The topological polar surface area (TPSA) is 49.8 Å². The molecule has 1 saturated carbocycles. The van der Waals surface area contributed by atoms with Crippen LogP contribution in [-0.4, -0.2) is 35.0 Å². The van der Waals surface area contributed by atoms with Gasteiger partial charge in [0, 0.05) is 13.1 Å². The minimum atomic E-state index is -4.25. The van der Waals surface area contributed by atoms with Gasteiger partial charge < -0.3 is 10.6 Å². The molecule has 0 aromatic carbocycles. The van der Waals surface area contributed by atoms with Crippen LogP contribution in [0.4, 0.5) is 24.8 Å². The number of thioether (sulfide) groups is 1. The second kappa shape index (κ2) is 4.49. The van der Waals surface area contributed by atoms with Gasteiger partial charge in [-0.05, 0) is 19.1 Å². The van der Waals surface area contributed by atoms with Gasteiger partial charge in [0.25, 0.3) is 0 Å². The lowest BCUT2D eigenvalue weighted by atomic mass is 10.2. The predicted molar refractivity (Wildman–Crippen MR) is 65.0 cm³/mol. The van der Waals surface area contributed by atoms with Gasteiger partial charge in [0.1, 0.15) is 17.2 Å². The van der Waals surface area contributed by atoms with E-state index in [2.05, 4.69) is 20.6 Å². The van der Waals surface area contributed by atoms with Gasteiger partial charge in [-0.3, -0.25) is 0 Å². The zero-order chi connectivity index (χ0) is 13.4. The maximum atomic E-state index is 12.8. The van der Waals surface area contributed by atoms with Crippen molar-refractivity contribution in [1.82, 2.24) is 9.97 Å². The van der Waals surface area contributed by atoms with Crippen LogP contribution in [0.1, 0.15) is 12.8 Å². The highest BCUT2D eigenvalue weighted by Gasteiger charge is 2.63. The summed E-state index contributed by atoms with van der Waals surface area (Å²) in [4.78, 5) is 8.14. The summed E-state index contributed by atoms with van der Waals surface area (Å²) in [5.74, 6) is 0.698. The Kier molecular flexibility index (Phi) is 3.31. The molecule has 0 bridgehead atoms. The largest absolute Gasteiger partial charge is 0.411 e. The van der Waals surface area contributed by atoms with Crippen LogP contribution in [-0.2, 0) is 0 Å². The van der Waals surface area contributed by atoms with Gasteiger partial charge in [0.15, 0.2) is 5.16 Å². The summed E-state index contributed by atoms with van der Waals surface area (Å²) in [6, 6.07) is 1.48. The second-order valence-corrected chi connectivity index (χ2v) is 4.85. The molecule has 0 amide bonds. The molecule has 1 aromatic rings. The molecule has 100 valence electrons. The fourth-order valence-electron chi connectivity index (χ4n) is 1.56. The van der Waals surface area contributed by atoms with Crippen LogP contribution in [0.2, 0.25) is 0 Å². The third kappa shape index (κ3) is 2.47. The maximum Gasteiger partial charge on any atom is 0.411 e. The van der Waals surface area contributed by atoms with Crippen molar-refractivity contribution in [3.8, 4) is 0 Å². The first-order valence-corrected chi connectivity index (χ1v) is 6.58. The lowest BCUT2D eigenvalue weighted by Crippen LogP contribution is -2.39. The molecule has 2 rings (SSSR count). The molecule has 0 spiro atoms. The first kappa shape index (κ1) is 13.3. The summed E-state index contributed by atoms with van der Waals surface area (Å²) in [7, 11) is 1.66. The van der Waals surface area contributed by atoms with Gasteiger partial charge in [-0.2, -0.15) is 13.2 Å². The average molecular weight is 278 g/mol. The number of aromatic nitrogens is 2. The quantitative estimate of drug-likeness (QED) is 0.655. The SMILES string of the molecule is CNc1cc(NC2(C(F)(F)F)CC2)nc(SC)n1. The van der Waals surface area contributed by atoms with E-state index in [9.17, 15) is 13.2 Å². The molecule has 18 heavy (non-hydrogen) atoms. The molecule has 0 unspecified atom stereocenters. The minimum absolute atomic E-state index is 0.0873. The van der Waals surface area contributed by atoms with Crippen LogP contribution in [0.5, 0.6) is 0 Å². The summed E-state index contributed by atoms with van der Waals surface area (Å²) in [5, 5.41) is 5.72. The fraction of sp³-hybridized carbons (Fsp3) is 0.600. The van der Waals surface area contributed by atoms with Crippen LogP contribution in [0, 0.1) is 0 Å². The van der Waals surface area contributed by atoms with Gasteiger partial charge in [-0.25, -0.2) is 9.97 Å². The third-order valence-electron chi connectivity index (χ3n) is 2.80. The zero-order valence-corrected chi connectivity index (χ0v) is 10.7. The van der Waals surface area contributed by atoms with Crippen molar-refractivity contribution in [2.75, 3.05) is 23.9 Å². The van der Waals surface area contributed by atoms with Crippen molar-refractivity contribution >= 4 is 23.4 Å². The molecule has 2 N–H and O–H groups in total. The van der Waals surface area contributed by atoms with E-state index < -0.39 is 11.7 Å². The van der Waals surface area contributed by atoms with Gasteiger partial charge in [-0.1, -0.05) is 11.8 Å². The van der Waals surface area contributed by atoms with E-state index in [1.165, 1.54) is 17.8 Å². The molecule has 0 radical (unpaired) electrons. The number of anilines is 2. The van der Waals surface area contributed by atoms with E-state index in [1.54, 1.807) is 13.3 Å². The highest BCUT2D eigenvalue weighted by atomic mass is 32.2. The number of hydrogen-bond acceptors (Lipinski definition) is 5. The molecule has 4 nitrogen and oxygen atoms in total. The second-order valence-electron chi connectivity index (χ2n) is 4.08. The van der Waals surface area contributed by atoms with E-state index in [0.29, 0.717) is 11.0 Å². The average Bonchev–Trinajstić information content (AvgIpc) is 3.08. The number of hydrogen-bond donors (Lipinski definition) is 2. The maximum absolute atomic E-state index is 12.8. The van der Waals surface area contributed by atoms with Crippen LogP contribution in [0.25, 0.3) is 0 Å². The van der Waals surface area contributed by atoms with E-state index in [-0.39, 0.29) is 18.7 Å². The molecule has 1 aromatic heterocycles. The molecule has 1 fully saturated rings. The lowest BCUT2D eigenvalue weighted by Gasteiger charge is -2.21. The highest BCUT2D eigenvalue weighted by molar-refractivity contribution is 7.98. The summed E-state index contributed by atoms with van der Waals surface area (Å²) < 4.78 is 38.5. The Morgan fingerprint density at radius 3 is 2.33 bits per heavy atom. The lowest BCUT2D eigenvalue weighted by molar-refractivity contribution is -0.151. The number of alkyl halides is 3. The van der Waals surface area contributed by atoms with Gasteiger partial charge >= 0.3 is 6.18 Å². The van der Waals surface area contributed by atoms with Crippen LogP contribution in [0.3, 0.4) is 0 Å². The zero-order valence-electron chi connectivity index (χ0n) is 9.93. The molecular weight excluding hydrogens is 265 g/mol. The Bertz CT molecular complexity index is 423. The van der Waals surface area contributed by atoms with E-state index in [4.69, 9.17) is 0 Å². The van der Waals surface area contributed by atoms with Gasteiger partial charge in [0.05, 0.1) is 0 Å². The molecule has 1 aliphatic carbocycles. The Balaban J connectivity index is 2.24. The van der Waals surface area contributed by atoms with Gasteiger partial charge in [0.2, 0.25) is 0 Å². The minimum Gasteiger partial charge on any atom is -0.373 e. The monoisotopic (exact) mass is 278 g/mol. The summed E-state index contributed by atoms with van der Waals surface area (Å²) in [5.41, 5.74) is -1.80. The summed E-state index contributed by atoms with van der Waals surface area (Å²) >= 11 is 1.28. The Morgan fingerprint density at radius 1 is 1.28 bits per heavy atom. The Morgan fingerprint density at radius 2 is 1.89 bits per heavy atom. The highest BCUT2D eigenvalue weighted by Crippen LogP contribution is 2.51. The Hall–Kier alpha value is -1.18. The summed E-state index contributed by atoms with van der Waals surface area (Å²) in [6.45, 7) is 0. The number of nitrogens with one attached hydrogen (secondary N) is 2. The number of nitrogens with zero attached hydrogens (tertiary/aromatic N) is 2. The van der Waals surface area contributed by atoms with Crippen molar-refractivity contribution < 1.29 is 13.2 Å². The van der Waals surface area contributed by atoms with E-state index in [1.807, 2.05) is 0 Å². The van der Waals surface area contributed by atoms with Gasteiger partial charge in [-0.15, -0.1) is 0 Å². The van der Waals surface area contributed by atoms with Crippen molar-refractivity contribution in [3.63, 3.8) is 0 Å². The van der Waals surface area contributed by atoms with Crippen LogP contribution >= 0.6 is 11.8 Å². The van der Waals surface area contributed by atoms with Crippen molar-refractivity contribution in [3.05, 3.63) is 6.07 Å². The number of rotatable bonds is 4. The molecule has 0 aliphatic heterocycles. The molecule has 1 aliphatic rings. The van der Waals surface area contributed by atoms with Crippen molar-refractivity contribution in [2.24, 2.45) is 0 Å². The summed E-state index contributed by atoms with van der Waals surface area (Å²) in [6.07, 6.45) is -2.31. The van der Waals surface area contributed by atoms with Crippen LogP contribution < -0.4 is 10.6 Å². The van der Waals surface area contributed by atoms with E-state index >= 15 is 0 Å². The fourth-order valence-corrected chi connectivity index (χ4v) is 1.94. The normalized spacial score (nSPS) is 17.4.